The van der Waals surface area contributed by atoms with Crippen molar-refractivity contribution in [3.63, 3.8) is 0 Å². The first kappa shape index (κ1) is 13.3. The summed E-state index contributed by atoms with van der Waals surface area (Å²) in [6.45, 7) is 3.30. The first-order valence-electron chi connectivity index (χ1n) is 7.19. The number of amides is 1. The number of nitrogens with one attached hydrogen (secondary N) is 1. The predicted molar refractivity (Wildman–Crippen MR) is 86.7 cm³/mol. The first-order chi connectivity index (χ1) is 10.7. The Kier molecular flexibility index (Phi) is 3.08. The van der Waals surface area contributed by atoms with Gasteiger partial charge in [-0.05, 0) is 23.9 Å². The number of thiophene rings is 1. The van der Waals surface area contributed by atoms with Crippen molar-refractivity contribution in [2.24, 2.45) is 0 Å². The lowest BCUT2D eigenvalue weighted by atomic mass is 10.0. The molecule has 0 bridgehead atoms. The predicted octanol–water partition coefficient (Wildman–Crippen LogP) is 3.60. The minimum atomic E-state index is 0.0929. The van der Waals surface area contributed by atoms with Crippen molar-refractivity contribution in [2.75, 3.05) is 0 Å². The molecule has 5 heteroatoms. The van der Waals surface area contributed by atoms with Crippen LogP contribution in [0, 0.1) is 6.92 Å². The quantitative estimate of drug-likeness (QED) is 0.786. The average Bonchev–Trinajstić information content (AvgIpc) is 3.24. The Hall–Kier alpha value is -2.40. The average molecular weight is 309 g/mol. The van der Waals surface area contributed by atoms with Gasteiger partial charge in [-0.15, -0.1) is 11.3 Å². The number of fused-ring (bicyclic) bond motifs is 1. The van der Waals surface area contributed by atoms with Gasteiger partial charge in [0.2, 0.25) is 0 Å². The third kappa shape index (κ3) is 2.05. The lowest BCUT2D eigenvalue weighted by Crippen LogP contribution is -2.24. The van der Waals surface area contributed by atoms with Crippen molar-refractivity contribution < 1.29 is 4.79 Å². The molecule has 1 aliphatic rings. The summed E-state index contributed by atoms with van der Waals surface area (Å²) in [5.74, 6) is 0.0929. The number of aryl methyl sites for hydroxylation is 1. The molecule has 1 amide bonds. The molecule has 0 atom stereocenters. The fourth-order valence-electron chi connectivity index (χ4n) is 2.90. The Morgan fingerprint density at radius 3 is 2.86 bits per heavy atom. The van der Waals surface area contributed by atoms with E-state index in [2.05, 4.69) is 29.3 Å². The summed E-state index contributed by atoms with van der Waals surface area (Å²) < 4.78 is 0. The Labute approximate surface area is 132 Å². The van der Waals surface area contributed by atoms with Crippen LogP contribution >= 0.6 is 11.3 Å². The number of aromatic amines is 1. The molecule has 1 aliphatic heterocycles. The third-order valence-electron chi connectivity index (χ3n) is 4.07. The maximum Gasteiger partial charge on any atom is 0.264 e. The number of H-pyrrole nitrogens is 1. The van der Waals surface area contributed by atoms with E-state index in [-0.39, 0.29) is 5.91 Å². The second-order valence-electron chi connectivity index (χ2n) is 5.48. The first-order valence-corrected chi connectivity index (χ1v) is 8.07. The molecule has 4 rings (SSSR count). The van der Waals surface area contributed by atoms with Crippen LogP contribution in [0.1, 0.15) is 26.5 Å². The number of carbonyl (C=O) groups is 1. The molecule has 22 heavy (non-hydrogen) atoms. The van der Waals surface area contributed by atoms with Gasteiger partial charge in [-0.3, -0.25) is 9.89 Å². The zero-order valence-corrected chi connectivity index (χ0v) is 13.0. The van der Waals surface area contributed by atoms with E-state index in [9.17, 15) is 4.79 Å². The van der Waals surface area contributed by atoms with Gasteiger partial charge in [-0.1, -0.05) is 30.3 Å². The topological polar surface area (TPSA) is 49.0 Å². The molecule has 1 aromatic carbocycles. The fraction of sp³-hybridized carbons (Fsp3) is 0.176. The Morgan fingerprint density at radius 1 is 1.23 bits per heavy atom. The van der Waals surface area contributed by atoms with E-state index in [0.717, 1.165) is 27.4 Å². The maximum atomic E-state index is 12.5. The second kappa shape index (κ2) is 5.10. The minimum Gasteiger partial charge on any atom is -0.328 e. The minimum absolute atomic E-state index is 0.0929. The van der Waals surface area contributed by atoms with Gasteiger partial charge in [0.05, 0.1) is 29.4 Å². The van der Waals surface area contributed by atoms with Crippen LogP contribution in [0.4, 0.5) is 0 Å². The van der Waals surface area contributed by atoms with Gasteiger partial charge in [-0.2, -0.15) is 5.10 Å². The Balaban J connectivity index is 1.66. The molecular weight excluding hydrogens is 294 g/mol. The molecule has 4 nitrogen and oxygen atoms in total. The van der Waals surface area contributed by atoms with E-state index < -0.39 is 0 Å². The zero-order chi connectivity index (χ0) is 15.1. The standard InChI is InChI=1S/C17H15N3OS/c1-11-5-2-3-6-12(11)16-13-9-20(10-14(13)18-19-16)17(21)15-7-4-8-22-15/h2-8H,9-10H2,1H3,(H,18,19). The van der Waals surface area contributed by atoms with Crippen LogP contribution < -0.4 is 0 Å². The zero-order valence-electron chi connectivity index (χ0n) is 12.2. The van der Waals surface area contributed by atoms with Crippen molar-refractivity contribution in [1.29, 1.82) is 0 Å². The van der Waals surface area contributed by atoms with Gasteiger partial charge in [0.1, 0.15) is 0 Å². The van der Waals surface area contributed by atoms with Gasteiger partial charge in [0, 0.05) is 11.1 Å². The summed E-state index contributed by atoms with van der Waals surface area (Å²) in [5.41, 5.74) is 5.47. The number of nitrogens with zero attached hydrogens (tertiary/aromatic N) is 2. The van der Waals surface area contributed by atoms with E-state index in [4.69, 9.17) is 0 Å². The molecule has 0 aliphatic carbocycles. The Bertz CT molecular complexity index is 835. The third-order valence-corrected chi connectivity index (χ3v) is 4.93. The summed E-state index contributed by atoms with van der Waals surface area (Å²) in [6, 6.07) is 12.0. The highest BCUT2D eigenvalue weighted by molar-refractivity contribution is 7.12. The van der Waals surface area contributed by atoms with Crippen LogP contribution in [-0.4, -0.2) is 21.0 Å². The largest absolute Gasteiger partial charge is 0.328 e. The number of benzene rings is 1. The van der Waals surface area contributed by atoms with E-state index in [1.165, 1.54) is 16.9 Å². The highest BCUT2D eigenvalue weighted by Gasteiger charge is 2.29. The molecule has 2 aromatic heterocycles. The van der Waals surface area contributed by atoms with Crippen LogP contribution in [0.25, 0.3) is 11.3 Å². The monoisotopic (exact) mass is 309 g/mol. The number of hydrogen-bond acceptors (Lipinski definition) is 3. The van der Waals surface area contributed by atoms with Crippen LogP contribution in [0.2, 0.25) is 0 Å². The van der Waals surface area contributed by atoms with Gasteiger partial charge in [-0.25, -0.2) is 0 Å². The van der Waals surface area contributed by atoms with E-state index >= 15 is 0 Å². The Morgan fingerprint density at radius 2 is 2.09 bits per heavy atom. The van der Waals surface area contributed by atoms with Crippen LogP contribution in [0.15, 0.2) is 41.8 Å². The van der Waals surface area contributed by atoms with Crippen LogP contribution in [0.5, 0.6) is 0 Å². The van der Waals surface area contributed by atoms with Crippen LogP contribution in [-0.2, 0) is 13.1 Å². The summed E-state index contributed by atoms with van der Waals surface area (Å²) >= 11 is 1.49. The van der Waals surface area contributed by atoms with Gasteiger partial charge in [0.25, 0.3) is 5.91 Å². The van der Waals surface area contributed by atoms with Gasteiger partial charge < -0.3 is 4.90 Å². The molecule has 0 fully saturated rings. The number of aromatic nitrogens is 2. The summed E-state index contributed by atoms with van der Waals surface area (Å²) in [6.07, 6.45) is 0. The van der Waals surface area contributed by atoms with Crippen LogP contribution in [0.3, 0.4) is 0 Å². The summed E-state index contributed by atoms with van der Waals surface area (Å²) in [7, 11) is 0. The molecule has 0 saturated carbocycles. The smallest absolute Gasteiger partial charge is 0.264 e. The fourth-order valence-corrected chi connectivity index (χ4v) is 3.59. The van der Waals surface area contributed by atoms with Gasteiger partial charge >= 0.3 is 0 Å². The number of carbonyl (C=O) groups excluding carboxylic acids is 1. The highest BCUT2D eigenvalue weighted by atomic mass is 32.1. The van der Waals surface area contributed by atoms with Crippen molar-refractivity contribution in [3.8, 4) is 11.3 Å². The van der Waals surface area contributed by atoms with Crippen molar-refractivity contribution in [3.05, 3.63) is 63.5 Å². The molecule has 1 N–H and O–H groups in total. The lowest BCUT2D eigenvalue weighted by molar-refractivity contribution is 0.0754. The molecule has 0 unspecified atom stereocenters. The maximum absolute atomic E-state index is 12.5. The van der Waals surface area contributed by atoms with E-state index in [0.29, 0.717) is 13.1 Å². The SMILES string of the molecule is Cc1ccccc1-c1n[nH]c2c1CN(C(=O)c1cccs1)C2. The molecule has 0 radical (unpaired) electrons. The molecule has 3 heterocycles. The highest BCUT2D eigenvalue weighted by Crippen LogP contribution is 2.33. The van der Waals surface area contributed by atoms with Gasteiger partial charge in [0.15, 0.2) is 0 Å². The molecule has 110 valence electrons. The molecule has 3 aromatic rings. The van der Waals surface area contributed by atoms with E-state index in [1.807, 2.05) is 34.5 Å². The normalized spacial score (nSPS) is 13.4. The van der Waals surface area contributed by atoms with Crippen molar-refractivity contribution >= 4 is 17.2 Å². The van der Waals surface area contributed by atoms with Crippen molar-refractivity contribution in [2.45, 2.75) is 20.0 Å². The summed E-state index contributed by atoms with van der Waals surface area (Å²) in [4.78, 5) is 15.2. The lowest BCUT2D eigenvalue weighted by Gasteiger charge is -2.14. The second-order valence-corrected chi connectivity index (χ2v) is 6.43. The molecule has 0 saturated heterocycles. The van der Waals surface area contributed by atoms with Crippen molar-refractivity contribution in [1.82, 2.24) is 15.1 Å². The number of hydrogen-bond donors (Lipinski definition) is 1. The number of rotatable bonds is 2. The van der Waals surface area contributed by atoms with E-state index in [1.54, 1.807) is 0 Å². The molecule has 0 spiro atoms. The molecular formula is C17H15N3OS. The summed E-state index contributed by atoms with van der Waals surface area (Å²) in [5, 5.41) is 9.50.